The van der Waals surface area contributed by atoms with Crippen LogP contribution in [0, 0.1) is 0 Å². The number of rotatable bonds is 3. The molecule has 0 amide bonds. The molecule has 0 N–H and O–H groups in total. The molecule has 0 aromatic heterocycles. The molecule has 0 saturated carbocycles. The van der Waals surface area contributed by atoms with Crippen LogP contribution in [0.3, 0.4) is 0 Å². The summed E-state index contributed by atoms with van der Waals surface area (Å²) in [5, 5.41) is 0. The smallest absolute Gasteiger partial charge is 0.0126 e. The summed E-state index contributed by atoms with van der Waals surface area (Å²) in [5.74, 6) is 0.396. The third-order valence-electron chi connectivity index (χ3n) is 8.28. The predicted octanol–water partition coefficient (Wildman–Crippen LogP) is 11.8. The van der Waals surface area contributed by atoms with Gasteiger partial charge in [0, 0.05) is 0 Å². The topological polar surface area (TPSA) is 0 Å². The Kier molecular flexibility index (Phi) is 8.94. The molecular weight excluding hydrogens is 468 g/mol. The van der Waals surface area contributed by atoms with Crippen molar-refractivity contribution in [3.05, 3.63) is 68.8 Å². The van der Waals surface area contributed by atoms with Crippen LogP contribution in [0.15, 0.2) is 24.3 Å². The van der Waals surface area contributed by atoms with Crippen LogP contribution in [-0.4, -0.2) is 0 Å². The van der Waals surface area contributed by atoms with Crippen molar-refractivity contribution in [2.24, 2.45) is 0 Å². The van der Waals surface area contributed by atoms with Crippen molar-refractivity contribution in [1.82, 2.24) is 0 Å². The van der Waals surface area contributed by atoms with E-state index in [4.69, 9.17) is 0 Å². The van der Waals surface area contributed by atoms with Crippen molar-refractivity contribution in [3.63, 3.8) is 0 Å². The summed E-state index contributed by atoms with van der Waals surface area (Å²) in [4.78, 5) is 0. The fourth-order valence-electron chi connectivity index (χ4n) is 6.39. The fourth-order valence-corrected chi connectivity index (χ4v) is 6.39. The largest absolute Gasteiger partial charge is 0.0582 e. The summed E-state index contributed by atoms with van der Waals surface area (Å²) in [6.07, 6.45) is 1.06. The van der Waals surface area contributed by atoms with Crippen molar-refractivity contribution in [2.75, 3.05) is 0 Å². The van der Waals surface area contributed by atoms with Gasteiger partial charge in [0.2, 0.25) is 0 Å². The van der Waals surface area contributed by atoms with Gasteiger partial charge in [0.15, 0.2) is 0 Å². The second kappa shape index (κ2) is 10.4. The molecule has 1 unspecified atom stereocenters. The van der Waals surface area contributed by atoms with Gasteiger partial charge in [-0.05, 0) is 89.3 Å². The molecule has 0 aliphatic carbocycles. The molecule has 0 bridgehead atoms. The first-order valence-corrected chi connectivity index (χ1v) is 15.4. The molecule has 2 rings (SSSR count). The zero-order valence-electron chi connectivity index (χ0n) is 29.6. The van der Waals surface area contributed by atoms with Crippen molar-refractivity contribution in [1.29, 1.82) is 0 Å². The van der Waals surface area contributed by atoms with E-state index in [1.807, 2.05) is 0 Å². The highest BCUT2D eigenvalue weighted by atomic mass is 14.4. The van der Waals surface area contributed by atoms with Gasteiger partial charge in [-0.1, -0.05) is 156 Å². The first-order chi connectivity index (χ1) is 17.1. The van der Waals surface area contributed by atoms with E-state index >= 15 is 0 Å². The van der Waals surface area contributed by atoms with E-state index in [0.717, 1.165) is 6.42 Å². The van der Waals surface area contributed by atoms with E-state index in [2.05, 4.69) is 156 Å². The summed E-state index contributed by atoms with van der Waals surface area (Å²) in [6.45, 7) is 45.6. The lowest BCUT2D eigenvalue weighted by Crippen LogP contribution is -2.32. The molecule has 0 heterocycles. The molecule has 0 aliphatic rings. The monoisotopic (exact) mass is 533 g/mol. The zero-order chi connectivity index (χ0) is 30.7. The molecule has 1 atom stereocenters. The third kappa shape index (κ3) is 7.59. The van der Waals surface area contributed by atoms with E-state index < -0.39 is 0 Å². The number of hydrogen-bond acceptors (Lipinski definition) is 0. The van der Waals surface area contributed by atoms with Crippen LogP contribution >= 0.6 is 0 Å². The molecule has 0 spiro atoms. The van der Waals surface area contributed by atoms with E-state index in [0.29, 0.717) is 5.92 Å². The third-order valence-corrected chi connectivity index (χ3v) is 8.28. The van der Waals surface area contributed by atoms with Gasteiger partial charge in [-0.15, -0.1) is 0 Å². The highest BCUT2D eigenvalue weighted by Gasteiger charge is 2.38. The fraction of sp³-hybridized carbons (Fsp3) is 0.692. The Hall–Kier alpha value is -1.56. The number of hydrogen-bond donors (Lipinski definition) is 0. The molecule has 0 heteroatoms. The Labute approximate surface area is 244 Å². The van der Waals surface area contributed by atoms with Gasteiger partial charge in [0.05, 0.1) is 0 Å². The summed E-state index contributed by atoms with van der Waals surface area (Å²) in [5.41, 5.74) is 12.7. The maximum absolute atomic E-state index is 2.60. The van der Waals surface area contributed by atoms with Gasteiger partial charge < -0.3 is 0 Å². The average molecular weight is 533 g/mol. The molecule has 0 radical (unpaired) electrons. The number of benzene rings is 2. The first kappa shape index (κ1) is 33.6. The second-order valence-electron chi connectivity index (χ2n) is 18.6. The Balaban J connectivity index is 3.09. The van der Waals surface area contributed by atoms with Crippen molar-refractivity contribution in [3.8, 4) is 0 Å². The van der Waals surface area contributed by atoms with Crippen LogP contribution < -0.4 is 0 Å². The minimum atomic E-state index is 0.0444. The highest BCUT2D eigenvalue weighted by molar-refractivity contribution is 5.57. The molecule has 39 heavy (non-hydrogen) atoms. The van der Waals surface area contributed by atoms with Gasteiger partial charge in [-0.3, -0.25) is 0 Å². The van der Waals surface area contributed by atoms with Gasteiger partial charge >= 0.3 is 0 Å². The molecule has 2 aromatic carbocycles. The van der Waals surface area contributed by atoms with E-state index in [9.17, 15) is 0 Å². The summed E-state index contributed by atoms with van der Waals surface area (Å²) in [7, 11) is 0. The Morgan fingerprint density at radius 1 is 0.462 bits per heavy atom. The van der Waals surface area contributed by atoms with Crippen molar-refractivity contribution >= 4 is 0 Å². The van der Waals surface area contributed by atoms with Crippen LogP contribution in [0.4, 0.5) is 0 Å². The molecule has 0 nitrogen and oxygen atoms in total. The summed E-state index contributed by atoms with van der Waals surface area (Å²) in [6, 6.07) is 9.92. The van der Waals surface area contributed by atoms with Crippen LogP contribution in [-0.2, 0) is 38.9 Å². The highest BCUT2D eigenvalue weighted by Crippen LogP contribution is 2.49. The molecule has 0 aliphatic heterocycles. The second-order valence-corrected chi connectivity index (χ2v) is 18.6. The zero-order valence-corrected chi connectivity index (χ0v) is 29.6. The van der Waals surface area contributed by atoms with Crippen LogP contribution in [0.2, 0.25) is 0 Å². The van der Waals surface area contributed by atoms with Gasteiger partial charge in [-0.2, -0.15) is 0 Å². The van der Waals surface area contributed by atoms with Crippen LogP contribution in [0.1, 0.15) is 182 Å². The minimum absolute atomic E-state index is 0.0444. The Morgan fingerprint density at radius 3 is 1.15 bits per heavy atom. The summed E-state index contributed by atoms with van der Waals surface area (Å²) < 4.78 is 0. The lowest BCUT2D eigenvalue weighted by Gasteiger charge is -2.42. The van der Waals surface area contributed by atoms with Crippen LogP contribution in [0.25, 0.3) is 0 Å². The quantitative estimate of drug-likeness (QED) is 0.369. The normalized spacial score (nSPS) is 15.1. The Bertz CT molecular complexity index is 1110. The van der Waals surface area contributed by atoms with Gasteiger partial charge in [0.1, 0.15) is 0 Å². The molecular formula is C39H64. The van der Waals surface area contributed by atoms with E-state index in [1.54, 1.807) is 16.7 Å². The lowest BCUT2D eigenvalue weighted by molar-refractivity contribution is 0.482. The summed E-state index contributed by atoms with van der Waals surface area (Å²) >= 11 is 0. The van der Waals surface area contributed by atoms with Gasteiger partial charge in [0.25, 0.3) is 0 Å². The SMILES string of the molecule is CC(Cc1cc(C(C)(C)C)ccc1C(C)(C)C)c1c(C(C)(C)C)c(C(C)(C)C)cc(C(C)(C)C)c1C(C)(C)C. The first-order valence-electron chi connectivity index (χ1n) is 15.4. The molecule has 220 valence electrons. The minimum Gasteiger partial charge on any atom is -0.0582 e. The maximum atomic E-state index is 2.60. The van der Waals surface area contributed by atoms with Crippen LogP contribution in [0.5, 0.6) is 0 Å². The van der Waals surface area contributed by atoms with Crippen molar-refractivity contribution in [2.45, 2.75) is 176 Å². The molecule has 0 saturated heterocycles. The standard InChI is InChI=1S/C39H64/c1-25(22-26-23-27(34(2,3)4)20-21-28(26)35(5,6)7)31-32(38(14,15)16)29(36(8,9)10)24-30(37(11,12)13)33(31)39(17,18)19/h20-21,23-25H,22H2,1-19H3. The van der Waals surface area contributed by atoms with E-state index in [1.165, 1.54) is 27.8 Å². The lowest BCUT2D eigenvalue weighted by atomic mass is 9.62. The predicted molar refractivity (Wildman–Crippen MR) is 177 cm³/mol. The average Bonchev–Trinajstić information content (AvgIpc) is 2.67. The molecule has 0 fully saturated rings. The molecule has 2 aromatic rings. The Morgan fingerprint density at radius 2 is 0.846 bits per heavy atom. The maximum Gasteiger partial charge on any atom is -0.0126 e. The van der Waals surface area contributed by atoms with E-state index in [-0.39, 0.29) is 32.5 Å². The van der Waals surface area contributed by atoms with Crippen molar-refractivity contribution < 1.29 is 0 Å². The van der Waals surface area contributed by atoms with Gasteiger partial charge in [-0.25, -0.2) is 0 Å².